The van der Waals surface area contributed by atoms with Crippen molar-refractivity contribution in [2.75, 3.05) is 49.7 Å². The highest BCUT2D eigenvalue weighted by molar-refractivity contribution is 7.92. The first-order chi connectivity index (χ1) is 13.7. The van der Waals surface area contributed by atoms with Crippen molar-refractivity contribution in [3.8, 4) is 0 Å². The molecule has 1 rings (SSSR count). The van der Waals surface area contributed by atoms with Crippen molar-refractivity contribution in [2.24, 2.45) is 5.92 Å². The lowest BCUT2D eigenvalue weighted by Crippen LogP contribution is -2.38. The van der Waals surface area contributed by atoms with Crippen LogP contribution in [0.3, 0.4) is 0 Å². The number of nitrogens with zero attached hydrogens (tertiary/aromatic N) is 2. The summed E-state index contributed by atoms with van der Waals surface area (Å²) in [7, 11) is 2.11. The predicted molar refractivity (Wildman–Crippen MR) is 120 cm³/mol. The van der Waals surface area contributed by atoms with E-state index in [9.17, 15) is 13.2 Å². The minimum atomic E-state index is -3.38. The number of rotatable bonds is 13. The molecular weight excluding hydrogens is 390 g/mol. The lowest BCUT2D eigenvalue weighted by atomic mass is 10.0. The van der Waals surface area contributed by atoms with Gasteiger partial charge in [-0.05, 0) is 43.0 Å². The van der Waals surface area contributed by atoms with Crippen molar-refractivity contribution >= 4 is 27.3 Å². The van der Waals surface area contributed by atoms with Gasteiger partial charge in [0.2, 0.25) is 15.9 Å². The number of methoxy groups -OCH3 is 1. The van der Waals surface area contributed by atoms with Crippen LogP contribution in [0.25, 0.3) is 0 Å². The number of carbonyl (C=O) groups is 1. The molecule has 0 atom stereocenters. The average molecular weight is 428 g/mol. The van der Waals surface area contributed by atoms with Crippen molar-refractivity contribution in [3.63, 3.8) is 0 Å². The summed E-state index contributed by atoms with van der Waals surface area (Å²) in [6, 6.07) is 5.46. The fourth-order valence-electron chi connectivity index (χ4n) is 3.28. The van der Waals surface area contributed by atoms with Crippen LogP contribution in [0.2, 0.25) is 0 Å². The summed E-state index contributed by atoms with van der Waals surface area (Å²) < 4.78 is 32.2. The molecule has 0 unspecified atom stereocenters. The topological polar surface area (TPSA) is 79.0 Å². The number of hydrogen-bond acceptors (Lipinski definition) is 5. The number of carbonyl (C=O) groups excluding carboxylic acids is 1. The Bertz CT molecular complexity index is 746. The first-order valence-corrected chi connectivity index (χ1v) is 11.9. The molecule has 0 saturated carbocycles. The highest BCUT2D eigenvalue weighted by Crippen LogP contribution is 2.26. The van der Waals surface area contributed by atoms with Crippen LogP contribution >= 0.6 is 0 Å². The summed E-state index contributed by atoms with van der Waals surface area (Å²) in [5.41, 5.74) is 2.35. The van der Waals surface area contributed by atoms with Gasteiger partial charge in [-0.2, -0.15) is 0 Å². The van der Waals surface area contributed by atoms with E-state index in [4.69, 9.17) is 4.74 Å². The summed E-state index contributed by atoms with van der Waals surface area (Å²) in [5, 5.41) is 0. The number of ether oxygens (including phenoxy) is 1. The molecule has 1 N–H and O–H groups in total. The van der Waals surface area contributed by atoms with Gasteiger partial charge < -0.3 is 14.5 Å². The number of hydrogen-bond donors (Lipinski definition) is 1. The minimum Gasteiger partial charge on any atom is -0.383 e. The van der Waals surface area contributed by atoms with Gasteiger partial charge in [0.1, 0.15) is 0 Å². The van der Waals surface area contributed by atoms with Crippen LogP contribution in [0, 0.1) is 5.92 Å². The lowest BCUT2D eigenvalue weighted by Gasteiger charge is -2.29. The number of benzene rings is 1. The van der Waals surface area contributed by atoms with Crippen molar-refractivity contribution in [1.29, 1.82) is 0 Å². The Morgan fingerprint density at radius 1 is 1.17 bits per heavy atom. The fraction of sp³-hybridized carbons (Fsp3) is 0.667. The molecule has 0 aliphatic carbocycles. The van der Waals surface area contributed by atoms with E-state index in [2.05, 4.69) is 4.72 Å². The van der Waals surface area contributed by atoms with Gasteiger partial charge >= 0.3 is 0 Å². The second-order valence-electron chi connectivity index (χ2n) is 7.42. The Labute approximate surface area is 176 Å². The molecule has 0 spiro atoms. The van der Waals surface area contributed by atoms with E-state index in [0.717, 1.165) is 24.1 Å². The maximum Gasteiger partial charge on any atom is 0.232 e. The zero-order valence-corrected chi connectivity index (χ0v) is 19.5. The van der Waals surface area contributed by atoms with Gasteiger partial charge in [0.25, 0.3) is 0 Å². The smallest absolute Gasteiger partial charge is 0.232 e. The Balaban J connectivity index is 3.24. The Morgan fingerprint density at radius 3 is 2.34 bits per heavy atom. The molecule has 0 aromatic heterocycles. The summed E-state index contributed by atoms with van der Waals surface area (Å²) >= 11 is 0. The third kappa shape index (κ3) is 7.85. The molecule has 7 nitrogen and oxygen atoms in total. The van der Waals surface area contributed by atoms with E-state index >= 15 is 0 Å². The molecule has 1 aromatic carbocycles. The molecule has 8 heteroatoms. The molecule has 0 fully saturated rings. The van der Waals surface area contributed by atoms with Gasteiger partial charge in [-0.3, -0.25) is 9.52 Å². The van der Waals surface area contributed by atoms with Crippen molar-refractivity contribution in [2.45, 2.75) is 46.6 Å². The zero-order valence-electron chi connectivity index (χ0n) is 18.7. The molecule has 1 amide bonds. The quantitative estimate of drug-likeness (QED) is 0.522. The largest absolute Gasteiger partial charge is 0.383 e. The van der Waals surface area contributed by atoms with Crippen molar-refractivity contribution in [3.05, 3.63) is 23.8 Å². The summed E-state index contributed by atoms with van der Waals surface area (Å²) in [4.78, 5) is 16.8. The van der Waals surface area contributed by atoms with E-state index in [1.807, 2.05) is 56.8 Å². The second kappa shape index (κ2) is 12.0. The standard InChI is InChI=1S/C21H37N3O4S/c1-7-14-29(26,27)22-19-10-11-20(23(4)5)18(15-19)16-24(12-13-28-6)21(25)17(8-2)9-3/h10-11,15,17,22H,7-9,12-14,16H2,1-6H3. The third-order valence-corrected chi connectivity index (χ3v) is 6.37. The highest BCUT2D eigenvalue weighted by atomic mass is 32.2. The molecule has 166 valence electrons. The monoisotopic (exact) mass is 427 g/mol. The molecule has 0 saturated heterocycles. The Hall–Kier alpha value is -1.80. The number of amides is 1. The normalized spacial score (nSPS) is 11.6. The summed E-state index contributed by atoms with van der Waals surface area (Å²) in [5.74, 6) is 0.153. The number of nitrogens with one attached hydrogen (secondary N) is 1. The molecular formula is C21H37N3O4S. The Morgan fingerprint density at radius 2 is 1.83 bits per heavy atom. The molecule has 29 heavy (non-hydrogen) atoms. The summed E-state index contributed by atoms with van der Waals surface area (Å²) in [6.07, 6.45) is 2.12. The van der Waals surface area contributed by atoms with Gasteiger partial charge in [0.05, 0.1) is 12.4 Å². The van der Waals surface area contributed by atoms with E-state index in [1.54, 1.807) is 13.2 Å². The molecule has 0 aliphatic rings. The van der Waals surface area contributed by atoms with Gasteiger partial charge in [-0.25, -0.2) is 8.42 Å². The number of anilines is 2. The Kier molecular flexibility index (Phi) is 10.5. The van der Waals surface area contributed by atoms with Gasteiger partial charge in [-0.15, -0.1) is 0 Å². The highest BCUT2D eigenvalue weighted by Gasteiger charge is 2.23. The SMILES string of the molecule is CCCS(=O)(=O)Nc1ccc(N(C)C)c(CN(CCOC)C(=O)C(CC)CC)c1. The molecule has 1 aromatic rings. The van der Waals surface area contributed by atoms with Crippen LogP contribution in [0.15, 0.2) is 18.2 Å². The first-order valence-electron chi connectivity index (χ1n) is 10.3. The predicted octanol–water partition coefficient (Wildman–Crippen LogP) is 3.32. The molecule has 0 heterocycles. The van der Waals surface area contributed by atoms with E-state index in [1.165, 1.54) is 0 Å². The van der Waals surface area contributed by atoms with E-state index in [-0.39, 0.29) is 17.6 Å². The maximum atomic E-state index is 13.0. The average Bonchev–Trinajstić information content (AvgIpc) is 2.65. The van der Waals surface area contributed by atoms with Gasteiger partial charge in [0.15, 0.2) is 0 Å². The van der Waals surface area contributed by atoms with Crippen LogP contribution < -0.4 is 9.62 Å². The molecule has 0 radical (unpaired) electrons. The van der Waals surface area contributed by atoms with Crippen LogP contribution in [0.4, 0.5) is 11.4 Å². The van der Waals surface area contributed by atoms with Crippen LogP contribution in [0.5, 0.6) is 0 Å². The van der Waals surface area contributed by atoms with Gasteiger partial charge in [-0.1, -0.05) is 20.8 Å². The minimum absolute atomic E-state index is 0.0269. The number of sulfonamides is 1. The van der Waals surface area contributed by atoms with Crippen molar-refractivity contribution < 1.29 is 17.9 Å². The maximum absolute atomic E-state index is 13.0. The van der Waals surface area contributed by atoms with E-state index < -0.39 is 10.0 Å². The van der Waals surface area contributed by atoms with Crippen LogP contribution in [-0.2, 0) is 26.1 Å². The lowest BCUT2D eigenvalue weighted by molar-refractivity contribution is -0.137. The second-order valence-corrected chi connectivity index (χ2v) is 9.27. The van der Waals surface area contributed by atoms with E-state index in [0.29, 0.717) is 31.8 Å². The van der Waals surface area contributed by atoms with Crippen LogP contribution in [-0.4, -0.2) is 59.3 Å². The zero-order chi connectivity index (χ0) is 22.0. The van der Waals surface area contributed by atoms with Crippen molar-refractivity contribution in [1.82, 2.24) is 4.90 Å². The fourth-order valence-corrected chi connectivity index (χ4v) is 4.41. The first kappa shape index (κ1) is 25.2. The van der Waals surface area contributed by atoms with Crippen LogP contribution in [0.1, 0.15) is 45.6 Å². The third-order valence-electron chi connectivity index (χ3n) is 4.88. The summed E-state index contributed by atoms with van der Waals surface area (Å²) in [6.45, 7) is 7.22. The molecule has 0 bridgehead atoms. The van der Waals surface area contributed by atoms with Gasteiger partial charge in [0, 0.05) is 51.6 Å². The molecule has 0 aliphatic heterocycles.